The van der Waals surface area contributed by atoms with Crippen molar-refractivity contribution in [1.29, 1.82) is 0 Å². The number of hydrogen-bond acceptors (Lipinski definition) is 7. The van der Waals surface area contributed by atoms with E-state index in [1.807, 2.05) is 12.1 Å². The van der Waals surface area contributed by atoms with Gasteiger partial charge in [0.2, 0.25) is 0 Å². The summed E-state index contributed by atoms with van der Waals surface area (Å²) in [5, 5.41) is 16.8. The highest BCUT2D eigenvalue weighted by Crippen LogP contribution is 2.32. The quantitative estimate of drug-likeness (QED) is 0.640. The third-order valence-corrected chi connectivity index (χ3v) is 5.00. The number of benzene rings is 1. The van der Waals surface area contributed by atoms with Crippen LogP contribution in [0.25, 0.3) is 11.3 Å². The molecule has 5 N–H and O–H groups in total. The predicted molar refractivity (Wildman–Crippen MR) is 97.8 cm³/mol. The molecule has 3 heterocycles. The maximum absolute atomic E-state index is 12.5. The molecule has 0 amide bonds. The third-order valence-electron chi connectivity index (χ3n) is 5.00. The number of aromatic nitrogens is 2. The van der Waals surface area contributed by atoms with Gasteiger partial charge in [-0.25, -0.2) is 4.98 Å². The Morgan fingerprint density at radius 3 is 2.92 bits per heavy atom. The Kier molecular flexibility index (Phi) is 4.62. The van der Waals surface area contributed by atoms with Gasteiger partial charge in [0.05, 0.1) is 18.5 Å². The van der Waals surface area contributed by atoms with E-state index in [1.54, 1.807) is 16.8 Å². The van der Waals surface area contributed by atoms with E-state index in [9.17, 15) is 9.90 Å². The molecular formula is C18H23N5O3. The summed E-state index contributed by atoms with van der Waals surface area (Å²) >= 11 is 0. The van der Waals surface area contributed by atoms with E-state index >= 15 is 0 Å². The Hall–Kier alpha value is -2.42. The van der Waals surface area contributed by atoms with Crippen LogP contribution in [0.2, 0.25) is 0 Å². The van der Waals surface area contributed by atoms with Crippen LogP contribution in [0.4, 0.5) is 5.82 Å². The van der Waals surface area contributed by atoms with E-state index in [2.05, 4.69) is 15.6 Å². The van der Waals surface area contributed by atoms with Crippen LogP contribution in [0.3, 0.4) is 0 Å². The van der Waals surface area contributed by atoms with Crippen molar-refractivity contribution in [2.24, 2.45) is 0 Å². The molecule has 8 nitrogen and oxygen atoms in total. The van der Waals surface area contributed by atoms with Crippen molar-refractivity contribution >= 4 is 5.82 Å². The normalized spacial score (nSPS) is 23.2. The molecule has 2 fully saturated rings. The van der Waals surface area contributed by atoms with Crippen LogP contribution in [0.5, 0.6) is 5.75 Å². The largest absolute Gasteiger partial charge is 0.507 e. The average molecular weight is 357 g/mol. The molecule has 2 aliphatic rings. The standard InChI is InChI=1S/C18H23N5O3/c19-17-18(25)23(12-2-1-5-20-7-12)9-14(22-17)13-6-11(3-4-15(13)24)16-8-21-10-26-16/h3-4,6,9,12,16,20-21,24H,1-2,5,7-8,10H2,(H2,19,22). The Bertz CT molecular complexity index is 854. The van der Waals surface area contributed by atoms with E-state index in [0.29, 0.717) is 24.5 Å². The molecule has 4 rings (SSSR count). The minimum absolute atomic E-state index is 0.0352. The smallest absolute Gasteiger partial charge is 0.293 e. The lowest BCUT2D eigenvalue weighted by Crippen LogP contribution is -2.37. The first-order valence-corrected chi connectivity index (χ1v) is 8.88. The first kappa shape index (κ1) is 17.0. The maximum atomic E-state index is 12.5. The number of hydrogen-bond donors (Lipinski definition) is 4. The molecule has 0 bridgehead atoms. The molecule has 2 aromatic rings. The number of rotatable bonds is 3. The third kappa shape index (κ3) is 3.18. The lowest BCUT2D eigenvalue weighted by Gasteiger charge is -2.25. The zero-order chi connectivity index (χ0) is 18.1. The zero-order valence-corrected chi connectivity index (χ0v) is 14.4. The number of anilines is 1. The SMILES string of the molecule is Nc1nc(-c2cc(C3CNCO3)ccc2O)cn(C2CCCNC2)c1=O. The van der Waals surface area contributed by atoms with Crippen LogP contribution >= 0.6 is 0 Å². The van der Waals surface area contributed by atoms with Gasteiger partial charge in [0.1, 0.15) is 5.75 Å². The van der Waals surface area contributed by atoms with Gasteiger partial charge in [-0.15, -0.1) is 0 Å². The number of nitrogens with one attached hydrogen (secondary N) is 2. The van der Waals surface area contributed by atoms with E-state index in [1.165, 1.54) is 0 Å². The lowest BCUT2D eigenvalue weighted by molar-refractivity contribution is 0.114. The van der Waals surface area contributed by atoms with Crippen LogP contribution in [-0.4, -0.2) is 41.0 Å². The number of phenols is 1. The minimum Gasteiger partial charge on any atom is -0.507 e. The number of ether oxygens (including phenoxy) is 1. The summed E-state index contributed by atoms with van der Waals surface area (Å²) in [7, 11) is 0. The first-order chi connectivity index (χ1) is 12.6. The van der Waals surface area contributed by atoms with Crippen LogP contribution in [0, 0.1) is 0 Å². The highest BCUT2D eigenvalue weighted by atomic mass is 16.5. The summed E-state index contributed by atoms with van der Waals surface area (Å²) in [6, 6.07) is 5.35. The van der Waals surface area contributed by atoms with Crippen molar-refractivity contribution in [3.05, 3.63) is 40.3 Å². The Labute approximate surface area is 151 Å². The van der Waals surface area contributed by atoms with Gasteiger partial charge >= 0.3 is 0 Å². The molecule has 0 saturated carbocycles. The number of nitrogen functional groups attached to an aromatic ring is 1. The van der Waals surface area contributed by atoms with E-state index in [0.717, 1.165) is 31.5 Å². The lowest BCUT2D eigenvalue weighted by atomic mass is 10.0. The monoisotopic (exact) mass is 357 g/mol. The molecule has 0 aliphatic carbocycles. The van der Waals surface area contributed by atoms with E-state index in [-0.39, 0.29) is 29.3 Å². The minimum atomic E-state index is -0.290. The van der Waals surface area contributed by atoms with Crippen LogP contribution in [-0.2, 0) is 4.74 Å². The maximum Gasteiger partial charge on any atom is 0.293 e. The van der Waals surface area contributed by atoms with Gasteiger partial charge in [0, 0.05) is 30.9 Å². The van der Waals surface area contributed by atoms with Gasteiger partial charge in [-0.05, 0) is 37.1 Å². The molecule has 2 unspecified atom stereocenters. The second kappa shape index (κ2) is 7.06. The molecule has 2 aliphatic heterocycles. The fourth-order valence-electron chi connectivity index (χ4n) is 3.58. The number of piperidine rings is 1. The second-order valence-corrected chi connectivity index (χ2v) is 6.75. The summed E-state index contributed by atoms with van der Waals surface area (Å²) < 4.78 is 7.27. The van der Waals surface area contributed by atoms with Gasteiger partial charge in [0.25, 0.3) is 5.56 Å². The summed E-state index contributed by atoms with van der Waals surface area (Å²) in [5.74, 6) is 0.0373. The molecule has 2 atom stereocenters. The fourth-order valence-corrected chi connectivity index (χ4v) is 3.58. The second-order valence-electron chi connectivity index (χ2n) is 6.75. The zero-order valence-electron chi connectivity index (χ0n) is 14.4. The van der Waals surface area contributed by atoms with Crippen LogP contribution in [0.15, 0.2) is 29.2 Å². The Balaban J connectivity index is 1.76. The molecule has 2 saturated heterocycles. The summed E-state index contributed by atoms with van der Waals surface area (Å²) in [4.78, 5) is 16.7. The van der Waals surface area contributed by atoms with E-state index < -0.39 is 0 Å². The summed E-state index contributed by atoms with van der Waals surface area (Å²) in [6.07, 6.45) is 3.54. The van der Waals surface area contributed by atoms with Gasteiger partial charge in [-0.1, -0.05) is 6.07 Å². The van der Waals surface area contributed by atoms with Crippen molar-refractivity contribution in [2.75, 3.05) is 32.1 Å². The van der Waals surface area contributed by atoms with Crippen LogP contribution < -0.4 is 21.9 Å². The van der Waals surface area contributed by atoms with E-state index in [4.69, 9.17) is 10.5 Å². The molecule has 0 radical (unpaired) electrons. The number of nitrogens with two attached hydrogens (primary N) is 1. The Morgan fingerprint density at radius 2 is 2.19 bits per heavy atom. The average Bonchev–Trinajstić information content (AvgIpc) is 3.20. The number of phenolic OH excluding ortho intramolecular Hbond substituents is 1. The van der Waals surface area contributed by atoms with Gasteiger partial charge in [-0.2, -0.15) is 0 Å². The van der Waals surface area contributed by atoms with Crippen molar-refractivity contribution in [1.82, 2.24) is 20.2 Å². The number of aromatic hydroxyl groups is 1. The van der Waals surface area contributed by atoms with Crippen molar-refractivity contribution in [2.45, 2.75) is 25.0 Å². The number of nitrogens with zero attached hydrogens (tertiary/aromatic N) is 2. The van der Waals surface area contributed by atoms with Crippen molar-refractivity contribution in [3.63, 3.8) is 0 Å². The molecule has 8 heteroatoms. The molecule has 26 heavy (non-hydrogen) atoms. The molecular weight excluding hydrogens is 334 g/mol. The highest BCUT2D eigenvalue weighted by molar-refractivity contribution is 5.68. The highest BCUT2D eigenvalue weighted by Gasteiger charge is 2.22. The molecule has 138 valence electrons. The summed E-state index contributed by atoms with van der Waals surface area (Å²) in [5.41, 5.74) is 7.58. The fraction of sp³-hybridized carbons (Fsp3) is 0.444. The van der Waals surface area contributed by atoms with Gasteiger partial charge in [0.15, 0.2) is 5.82 Å². The molecule has 1 aromatic carbocycles. The molecule has 1 aromatic heterocycles. The predicted octanol–water partition coefficient (Wildman–Crippen LogP) is 0.741. The van der Waals surface area contributed by atoms with Crippen LogP contribution in [0.1, 0.15) is 30.6 Å². The first-order valence-electron chi connectivity index (χ1n) is 8.88. The van der Waals surface area contributed by atoms with Gasteiger partial charge in [-0.3, -0.25) is 10.1 Å². The Morgan fingerprint density at radius 1 is 1.31 bits per heavy atom. The summed E-state index contributed by atoms with van der Waals surface area (Å²) in [6.45, 7) is 2.89. The topological polar surface area (TPSA) is 114 Å². The van der Waals surface area contributed by atoms with Crippen molar-refractivity contribution < 1.29 is 9.84 Å². The van der Waals surface area contributed by atoms with Gasteiger partial charge < -0.3 is 25.5 Å². The van der Waals surface area contributed by atoms with Crippen molar-refractivity contribution in [3.8, 4) is 17.0 Å². The molecule has 0 spiro atoms.